The first-order chi connectivity index (χ1) is 9.29. The van der Waals surface area contributed by atoms with Crippen LogP contribution in [-0.2, 0) is 6.42 Å². The van der Waals surface area contributed by atoms with Crippen LogP contribution in [0, 0.1) is 6.92 Å². The van der Waals surface area contributed by atoms with E-state index in [9.17, 15) is 0 Å². The lowest BCUT2D eigenvalue weighted by molar-refractivity contribution is 0.475. The molecule has 1 unspecified atom stereocenters. The average Bonchev–Trinajstić information content (AvgIpc) is 2.46. The summed E-state index contributed by atoms with van der Waals surface area (Å²) < 4.78 is 0. The summed E-state index contributed by atoms with van der Waals surface area (Å²) >= 11 is 0. The van der Waals surface area contributed by atoms with Crippen molar-refractivity contribution in [1.82, 2.24) is 15.4 Å². The topological polar surface area (TPSA) is 63.8 Å². The summed E-state index contributed by atoms with van der Waals surface area (Å²) in [6.07, 6.45) is 6.67. The summed E-state index contributed by atoms with van der Waals surface area (Å²) in [4.78, 5) is 8.64. The van der Waals surface area contributed by atoms with E-state index in [4.69, 9.17) is 5.84 Å². The molecule has 4 nitrogen and oxygen atoms in total. The Bertz CT molecular complexity index is 481. The first-order valence-electron chi connectivity index (χ1n) is 6.58. The molecule has 2 aromatic rings. The summed E-state index contributed by atoms with van der Waals surface area (Å²) in [5.74, 6) is 6.36. The summed E-state index contributed by atoms with van der Waals surface area (Å²) in [5.41, 5.74) is 5.21. The Balaban J connectivity index is 1.87. The van der Waals surface area contributed by atoms with E-state index in [1.165, 1.54) is 5.56 Å². The number of benzene rings is 1. The van der Waals surface area contributed by atoms with Gasteiger partial charge >= 0.3 is 0 Å². The normalized spacial score (nSPS) is 12.3. The van der Waals surface area contributed by atoms with Crippen molar-refractivity contribution in [2.75, 3.05) is 0 Å². The van der Waals surface area contributed by atoms with Gasteiger partial charge in [0, 0.05) is 12.4 Å². The highest BCUT2D eigenvalue weighted by molar-refractivity contribution is 5.14. The van der Waals surface area contributed by atoms with Crippen LogP contribution < -0.4 is 11.3 Å². The number of hydrazine groups is 1. The molecular weight excluding hydrogens is 236 g/mol. The first kappa shape index (κ1) is 13.6. The fourth-order valence-electron chi connectivity index (χ4n) is 2.02. The predicted molar refractivity (Wildman–Crippen MR) is 76.2 cm³/mol. The van der Waals surface area contributed by atoms with Gasteiger partial charge in [-0.05, 0) is 37.3 Å². The van der Waals surface area contributed by atoms with Crippen LogP contribution in [0.15, 0.2) is 42.7 Å². The fraction of sp³-hybridized carbons (Fsp3) is 0.333. The molecule has 100 valence electrons. The smallest absolute Gasteiger partial charge is 0.146 e. The van der Waals surface area contributed by atoms with Gasteiger partial charge in [-0.3, -0.25) is 5.84 Å². The number of rotatable bonds is 6. The van der Waals surface area contributed by atoms with E-state index < -0.39 is 0 Å². The fourth-order valence-corrected chi connectivity index (χ4v) is 2.02. The lowest BCUT2D eigenvalue weighted by Gasteiger charge is -2.14. The SMILES string of the molecule is Cc1cnc(C(CCCc2ccccc2)NN)nc1. The van der Waals surface area contributed by atoms with Gasteiger partial charge in [-0.25, -0.2) is 15.4 Å². The molecule has 1 aromatic carbocycles. The van der Waals surface area contributed by atoms with Gasteiger partial charge < -0.3 is 0 Å². The molecular formula is C15H20N4. The number of nitrogens with two attached hydrogens (primary N) is 1. The molecule has 0 aliphatic carbocycles. The Hall–Kier alpha value is -1.78. The van der Waals surface area contributed by atoms with Gasteiger partial charge in [0.25, 0.3) is 0 Å². The molecule has 4 heteroatoms. The maximum Gasteiger partial charge on any atom is 0.146 e. The van der Waals surface area contributed by atoms with Gasteiger partial charge in [0.1, 0.15) is 5.82 Å². The Morgan fingerprint density at radius 1 is 1.16 bits per heavy atom. The van der Waals surface area contributed by atoms with E-state index in [2.05, 4.69) is 39.7 Å². The van der Waals surface area contributed by atoms with E-state index in [1.807, 2.05) is 25.4 Å². The second kappa shape index (κ2) is 6.97. The minimum Gasteiger partial charge on any atom is -0.271 e. The van der Waals surface area contributed by atoms with Crippen molar-refractivity contribution in [2.24, 2.45) is 5.84 Å². The third-order valence-corrected chi connectivity index (χ3v) is 3.11. The number of nitrogens with zero attached hydrogens (tertiary/aromatic N) is 2. The molecule has 1 heterocycles. The molecule has 3 N–H and O–H groups in total. The van der Waals surface area contributed by atoms with Crippen LogP contribution >= 0.6 is 0 Å². The van der Waals surface area contributed by atoms with Crippen LogP contribution in [0.3, 0.4) is 0 Å². The van der Waals surface area contributed by atoms with Gasteiger partial charge in [-0.15, -0.1) is 0 Å². The molecule has 0 radical (unpaired) electrons. The van der Waals surface area contributed by atoms with Crippen molar-refractivity contribution in [3.05, 3.63) is 59.7 Å². The average molecular weight is 256 g/mol. The molecule has 0 bridgehead atoms. The van der Waals surface area contributed by atoms with E-state index in [1.54, 1.807) is 0 Å². The van der Waals surface area contributed by atoms with Crippen LogP contribution in [0.5, 0.6) is 0 Å². The molecule has 0 fully saturated rings. The zero-order chi connectivity index (χ0) is 13.5. The molecule has 0 saturated carbocycles. The van der Waals surface area contributed by atoms with Crippen LogP contribution in [0.2, 0.25) is 0 Å². The Morgan fingerprint density at radius 3 is 2.47 bits per heavy atom. The quantitative estimate of drug-likeness (QED) is 0.615. The van der Waals surface area contributed by atoms with E-state index in [-0.39, 0.29) is 6.04 Å². The van der Waals surface area contributed by atoms with Crippen LogP contribution in [0.1, 0.15) is 35.8 Å². The summed E-state index contributed by atoms with van der Waals surface area (Å²) in [7, 11) is 0. The number of hydrogen-bond acceptors (Lipinski definition) is 4. The number of aromatic nitrogens is 2. The Labute approximate surface area is 114 Å². The molecule has 2 rings (SSSR count). The highest BCUT2D eigenvalue weighted by atomic mass is 15.2. The molecule has 0 saturated heterocycles. The highest BCUT2D eigenvalue weighted by Gasteiger charge is 2.11. The third-order valence-electron chi connectivity index (χ3n) is 3.11. The van der Waals surface area contributed by atoms with Crippen LogP contribution in [-0.4, -0.2) is 9.97 Å². The van der Waals surface area contributed by atoms with Crippen LogP contribution in [0.4, 0.5) is 0 Å². The Morgan fingerprint density at radius 2 is 1.84 bits per heavy atom. The summed E-state index contributed by atoms with van der Waals surface area (Å²) in [5, 5.41) is 0. The van der Waals surface area contributed by atoms with E-state index in [0.29, 0.717) is 0 Å². The molecule has 0 aliphatic rings. The predicted octanol–water partition coefficient (Wildman–Crippen LogP) is 2.31. The lowest BCUT2D eigenvalue weighted by Crippen LogP contribution is -2.29. The van der Waals surface area contributed by atoms with Gasteiger partial charge in [0.2, 0.25) is 0 Å². The maximum absolute atomic E-state index is 5.59. The molecule has 1 atom stereocenters. The summed E-state index contributed by atoms with van der Waals surface area (Å²) in [6.45, 7) is 1.98. The van der Waals surface area contributed by atoms with Gasteiger partial charge in [0.05, 0.1) is 6.04 Å². The van der Waals surface area contributed by atoms with E-state index >= 15 is 0 Å². The minimum absolute atomic E-state index is 0.0179. The van der Waals surface area contributed by atoms with Crippen molar-refractivity contribution < 1.29 is 0 Å². The zero-order valence-corrected chi connectivity index (χ0v) is 11.2. The first-order valence-corrected chi connectivity index (χ1v) is 6.58. The van der Waals surface area contributed by atoms with Crippen molar-refractivity contribution in [1.29, 1.82) is 0 Å². The largest absolute Gasteiger partial charge is 0.271 e. The van der Waals surface area contributed by atoms with Crippen molar-refractivity contribution >= 4 is 0 Å². The van der Waals surface area contributed by atoms with Crippen molar-refractivity contribution in [3.8, 4) is 0 Å². The van der Waals surface area contributed by atoms with Gasteiger partial charge in [-0.1, -0.05) is 30.3 Å². The minimum atomic E-state index is 0.0179. The van der Waals surface area contributed by atoms with Gasteiger partial charge in [0.15, 0.2) is 0 Å². The van der Waals surface area contributed by atoms with Crippen LogP contribution in [0.25, 0.3) is 0 Å². The monoisotopic (exact) mass is 256 g/mol. The molecule has 0 amide bonds. The standard InChI is InChI=1S/C15H20N4/c1-12-10-17-15(18-11-12)14(19-16)9-5-8-13-6-3-2-4-7-13/h2-4,6-7,10-11,14,19H,5,8-9,16H2,1H3. The number of hydrogen-bond donors (Lipinski definition) is 2. The zero-order valence-electron chi connectivity index (χ0n) is 11.2. The second-order valence-electron chi connectivity index (χ2n) is 4.72. The van der Waals surface area contributed by atoms with Crippen molar-refractivity contribution in [2.45, 2.75) is 32.2 Å². The molecule has 19 heavy (non-hydrogen) atoms. The molecule has 0 aliphatic heterocycles. The number of nitrogens with one attached hydrogen (secondary N) is 1. The highest BCUT2D eigenvalue weighted by Crippen LogP contribution is 2.15. The third kappa shape index (κ3) is 4.12. The Kier molecular flexibility index (Phi) is 5.01. The second-order valence-corrected chi connectivity index (χ2v) is 4.72. The maximum atomic E-state index is 5.59. The summed E-state index contributed by atoms with van der Waals surface area (Å²) in [6, 6.07) is 10.5. The number of aryl methyl sites for hydroxylation is 2. The molecule has 0 spiro atoms. The van der Waals surface area contributed by atoms with Gasteiger partial charge in [-0.2, -0.15) is 0 Å². The van der Waals surface area contributed by atoms with E-state index in [0.717, 1.165) is 30.7 Å². The molecule has 1 aromatic heterocycles. The van der Waals surface area contributed by atoms with Crippen molar-refractivity contribution in [3.63, 3.8) is 0 Å². The lowest BCUT2D eigenvalue weighted by atomic mass is 10.0.